The zero-order valence-corrected chi connectivity index (χ0v) is 11.8. The zero-order valence-electron chi connectivity index (χ0n) is 11.0. The summed E-state index contributed by atoms with van der Waals surface area (Å²) in [6, 6.07) is 0. The monoisotopic (exact) mass is 282 g/mol. The SMILES string of the molecule is C=CCNC(=O)c1sc(N(C)CC)c(C(N)=O)c1N. The molecule has 0 radical (unpaired) electrons. The lowest BCUT2D eigenvalue weighted by molar-refractivity contribution is 0.0962. The van der Waals surface area contributed by atoms with E-state index in [0.29, 0.717) is 23.0 Å². The van der Waals surface area contributed by atoms with Gasteiger partial charge in [0, 0.05) is 20.1 Å². The fourth-order valence-corrected chi connectivity index (χ4v) is 2.66. The summed E-state index contributed by atoms with van der Waals surface area (Å²) in [6.07, 6.45) is 1.57. The number of nitrogen functional groups attached to an aromatic ring is 1. The van der Waals surface area contributed by atoms with E-state index in [1.807, 2.05) is 18.9 Å². The van der Waals surface area contributed by atoms with Gasteiger partial charge in [-0.05, 0) is 6.92 Å². The third-order valence-corrected chi connectivity index (χ3v) is 3.93. The molecule has 0 aliphatic heterocycles. The van der Waals surface area contributed by atoms with Crippen molar-refractivity contribution in [2.24, 2.45) is 5.73 Å². The van der Waals surface area contributed by atoms with Crippen LogP contribution >= 0.6 is 11.3 Å². The smallest absolute Gasteiger partial charge is 0.263 e. The summed E-state index contributed by atoms with van der Waals surface area (Å²) in [5, 5.41) is 3.24. The van der Waals surface area contributed by atoms with E-state index in [2.05, 4.69) is 11.9 Å². The first-order valence-corrected chi connectivity index (χ1v) is 6.57. The molecule has 0 spiro atoms. The highest BCUT2D eigenvalue weighted by Crippen LogP contribution is 2.37. The van der Waals surface area contributed by atoms with Crippen LogP contribution in [-0.4, -0.2) is 32.0 Å². The van der Waals surface area contributed by atoms with Crippen molar-refractivity contribution in [2.45, 2.75) is 6.92 Å². The van der Waals surface area contributed by atoms with E-state index in [9.17, 15) is 9.59 Å². The van der Waals surface area contributed by atoms with Crippen LogP contribution in [0.5, 0.6) is 0 Å². The Bertz CT molecular complexity index is 510. The predicted molar refractivity (Wildman–Crippen MR) is 78.7 cm³/mol. The minimum atomic E-state index is -0.633. The fourth-order valence-electron chi connectivity index (χ4n) is 1.50. The van der Waals surface area contributed by atoms with Crippen LogP contribution in [0.2, 0.25) is 0 Å². The number of anilines is 2. The van der Waals surface area contributed by atoms with Gasteiger partial charge >= 0.3 is 0 Å². The molecular weight excluding hydrogens is 264 g/mol. The van der Waals surface area contributed by atoms with Crippen LogP contribution in [0.1, 0.15) is 27.0 Å². The highest BCUT2D eigenvalue weighted by atomic mass is 32.1. The number of nitrogens with zero attached hydrogens (tertiary/aromatic N) is 1. The lowest BCUT2D eigenvalue weighted by Gasteiger charge is -2.15. The van der Waals surface area contributed by atoms with Crippen molar-refractivity contribution in [3.8, 4) is 0 Å². The molecule has 0 saturated carbocycles. The Morgan fingerprint density at radius 3 is 2.63 bits per heavy atom. The van der Waals surface area contributed by atoms with Crippen LogP contribution in [0.15, 0.2) is 12.7 Å². The lowest BCUT2D eigenvalue weighted by Crippen LogP contribution is -2.23. The molecule has 1 aromatic heterocycles. The van der Waals surface area contributed by atoms with Crippen LogP contribution < -0.4 is 21.7 Å². The van der Waals surface area contributed by atoms with E-state index >= 15 is 0 Å². The van der Waals surface area contributed by atoms with E-state index in [1.165, 1.54) is 0 Å². The molecule has 7 heteroatoms. The van der Waals surface area contributed by atoms with Gasteiger partial charge in [-0.25, -0.2) is 0 Å². The summed E-state index contributed by atoms with van der Waals surface area (Å²) < 4.78 is 0. The van der Waals surface area contributed by atoms with Crippen molar-refractivity contribution < 1.29 is 9.59 Å². The highest BCUT2D eigenvalue weighted by Gasteiger charge is 2.25. The van der Waals surface area contributed by atoms with E-state index < -0.39 is 5.91 Å². The standard InChI is InChI=1S/C12H18N4O2S/c1-4-6-15-11(18)9-8(13)7(10(14)17)12(19-9)16(3)5-2/h4H,1,5-6,13H2,2-3H3,(H2,14,17)(H,15,18). The summed E-state index contributed by atoms with van der Waals surface area (Å²) in [6.45, 7) is 6.45. The molecule has 5 N–H and O–H groups in total. The summed E-state index contributed by atoms with van der Waals surface area (Å²) in [4.78, 5) is 25.5. The second-order valence-corrected chi connectivity index (χ2v) is 4.90. The Hall–Kier alpha value is -2.02. The molecule has 0 aliphatic carbocycles. The van der Waals surface area contributed by atoms with E-state index in [0.717, 1.165) is 11.3 Å². The Balaban J connectivity index is 3.24. The molecule has 2 amide bonds. The second kappa shape index (κ2) is 6.24. The topological polar surface area (TPSA) is 101 Å². The average molecular weight is 282 g/mol. The average Bonchev–Trinajstić information content (AvgIpc) is 2.72. The molecule has 1 rings (SSSR count). The first-order valence-electron chi connectivity index (χ1n) is 5.76. The lowest BCUT2D eigenvalue weighted by atomic mass is 10.2. The number of primary amides is 1. The molecule has 0 saturated heterocycles. The largest absolute Gasteiger partial charge is 0.397 e. The maximum absolute atomic E-state index is 11.9. The number of carbonyl (C=O) groups excluding carboxylic acids is 2. The molecule has 19 heavy (non-hydrogen) atoms. The molecule has 104 valence electrons. The molecule has 0 aromatic carbocycles. The van der Waals surface area contributed by atoms with Crippen molar-refractivity contribution in [1.29, 1.82) is 0 Å². The molecule has 6 nitrogen and oxygen atoms in total. The maximum Gasteiger partial charge on any atom is 0.263 e. The van der Waals surface area contributed by atoms with Crippen molar-refractivity contribution in [3.63, 3.8) is 0 Å². The number of hydrogen-bond donors (Lipinski definition) is 3. The Labute approximate surface area is 116 Å². The van der Waals surface area contributed by atoms with Crippen LogP contribution in [0.3, 0.4) is 0 Å². The molecule has 0 fully saturated rings. The number of thiophene rings is 1. The number of nitrogens with two attached hydrogens (primary N) is 2. The van der Waals surface area contributed by atoms with Crippen LogP contribution in [0.4, 0.5) is 10.7 Å². The van der Waals surface area contributed by atoms with Gasteiger partial charge in [-0.15, -0.1) is 17.9 Å². The quantitative estimate of drug-likeness (QED) is 0.672. The van der Waals surface area contributed by atoms with Gasteiger partial charge in [-0.3, -0.25) is 9.59 Å². The second-order valence-electron chi connectivity index (χ2n) is 3.90. The molecular formula is C12H18N4O2S. The Morgan fingerprint density at radius 1 is 1.53 bits per heavy atom. The predicted octanol–water partition coefficient (Wildman–Crippen LogP) is 0.801. The molecule has 1 aromatic rings. The minimum absolute atomic E-state index is 0.134. The third kappa shape index (κ3) is 3.05. The van der Waals surface area contributed by atoms with Crippen LogP contribution in [0.25, 0.3) is 0 Å². The van der Waals surface area contributed by atoms with Gasteiger partial charge in [0.25, 0.3) is 11.8 Å². The van der Waals surface area contributed by atoms with Gasteiger partial charge < -0.3 is 21.7 Å². The van der Waals surface area contributed by atoms with Gasteiger partial charge in [0.15, 0.2) is 0 Å². The first-order chi connectivity index (χ1) is 8.93. The van der Waals surface area contributed by atoms with Gasteiger partial charge in [0.05, 0.1) is 11.3 Å². The summed E-state index contributed by atoms with van der Waals surface area (Å²) in [5.74, 6) is -0.965. The van der Waals surface area contributed by atoms with Gasteiger partial charge in [0.1, 0.15) is 9.88 Å². The van der Waals surface area contributed by atoms with E-state index in [-0.39, 0.29) is 17.2 Å². The summed E-state index contributed by atoms with van der Waals surface area (Å²) >= 11 is 1.16. The maximum atomic E-state index is 11.9. The van der Waals surface area contributed by atoms with Crippen LogP contribution in [0, 0.1) is 0 Å². The van der Waals surface area contributed by atoms with Crippen molar-refractivity contribution in [1.82, 2.24) is 5.32 Å². The molecule has 0 unspecified atom stereocenters. The summed E-state index contributed by atoms with van der Waals surface area (Å²) in [7, 11) is 1.81. The number of rotatable bonds is 6. The zero-order chi connectivity index (χ0) is 14.6. The van der Waals surface area contributed by atoms with Crippen molar-refractivity contribution >= 4 is 33.8 Å². The molecule has 0 atom stereocenters. The van der Waals surface area contributed by atoms with Crippen LogP contribution in [-0.2, 0) is 0 Å². The minimum Gasteiger partial charge on any atom is -0.397 e. The first kappa shape index (κ1) is 15.0. The normalized spacial score (nSPS) is 10.0. The number of amides is 2. The van der Waals surface area contributed by atoms with E-state index in [4.69, 9.17) is 11.5 Å². The number of hydrogen-bond acceptors (Lipinski definition) is 5. The fraction of sp³-hybridized carbons (Fsp3) is 0.333. The molecule has 1 heterocycles. The van der Waals surface area contributed by atoms with E-state index in [1.54, 1.807) is 6.08 Å². The molecule has 0 bridgehead atoms. The molecule has 0 aliphatic rings. The van der Waals surface area contributed by atoms with Crippen molar-refractivity contribution in [3.05, 3.63) is 23.1 Å². The number of nitrogens with one attached hydrogen (secondary N) is 1. The Kier molecular flexibility index (Phi) is 4.94. The number of carbonyl (C=O) groups is 2. The van der Waals surface area contributed by atoms with Gasteiger partial charge in [-0.1, -0.05) is 6.08 Å². The summed E-state index contributed by atoms with van der Waals surface area (Å²) in [5.41, 5.74) is 11.5. The van der Waals surface area contributed by atoms with Crippen molar-refractivity contribution in [2.75, 3.05) is 30.8 Å². The third-order valence-electron chi connectivity index (χ3n) is 2.61. The van der Waals surface area contributed by atoms with Gasteiger partial charge in [0.2, 0.25) is 0 Å². The highest BCUT2D eigenvalue weighted by molar-refractivity contribution is 7.19. The van der Waals surface area contributed by atoms with Gasteiger partial charge in [-0.2, -0.15) is 0 Å². The Morgan fingerprint density at radius 2 is 2.16 bits per heavy atom.